The van der Waals surface area contributed by atoms with E-state index < -0.39 is 11.3 Å². The van der Waals surface area contributed by atoms with Crippen LogP contribution < -0.4 is 15.5 Å². The van der Waals surface area contributed by atoms with Gasteiger partial charge < -0.3 is 10.1 Å². The van der Waals surface area contributed by atoms with Gasteiger partial charge in [-0.3, -0.25) is 9.59 Å². The molecule has 0 unspecified atom stereocenters. The summed E-state index contributed by atoms with van der Waals surface area (Å²) in [6.07, 6.45) is 0. The normalized spacial score (nSPS) is 10.5. The first kappa shape index (κ1) is 18.3. The topological polar surface area (TPSA) is 73.2 Å². The number of halogens is 1. The minimum Gasteiger partial charge on any atom is -0.481 e. The van der Waals surface area contributed by atoms with Gasteiger partial charge in [0.2, 0.25) is 11.3 Å². The van der Waals surface area contributed by atoms with Gasteiger partial charge in [-0.15, -0.1) is 0 Å². The lowest BCUT2D eigenvalue weighted by molar-refractivity contribution is 0.0942. The number of amides is 1. The number of aromatic nitrogens is 2. The smallest absolute Gasteiger partial charge is 0.276 e. The van der Waals surface area contributed by atoms with Crippen LogP contribution in [0.15, 0.2) is 59.4 Å². The van der Waals surface area contributed by atoms with Crippen molar-refractivity contribution in [3.8, 4) is 11.6 Å². The number of nitrogens with zero attached hydrogens (tertiary/aromatic N) is 2. The molecular formula is C20H18FN3O3. The Morgan fingerprint density at radius 3 is 2.44 bits per heavy atom. The average molecular weight is 367 g/mol. The molecule has 0 aliphatic carbocycles. The maximum absolute atomic E-state index is 13.0. The largest absolute Gasteiger partial charge is 0.481 e. The van der Waals surface area contributed by atoms with E-state index in [0.717, 1.165) is 5.56 Å². The highest BCUT2D eigenvalue weighted by atomic mass is 19.1. The molecule has 1 N–H and O–H groups in total. The van der Waals surface area contributed by atoms with Gasteiger partial charge in [0.15, 0.2) is 5.69 Å². The van der Waals surface area contributed by atoms with E-state index in [-0.39, 0.29) is 23.9 Å². The quantitative estimate of drug-likeness (QED) is 0.752. The zero-order valence-corrected chi connectivity index (χ0v) is 14.9. The molecule has 1 heterocycles. The Morgan fingerprint density at radius 2 is 1.81 bits per heavy atom. The number of rotatable bonds is 5. The molecule has 0 bridgehead atoms. The van der Waals surface area contributed by atoms with Gasteiger partial charge in [0, 0.05) is 6.54 Å². The van der Waals surface area contributed by atoms with E-state index in [1.54, 1.807) is 12.1 Å². The zero-order chi connectivity index (χ0) is 19.4. The van der Waals surface area contributed by atoms with Crippen molar-refractivity contribution in [1.82, 2.24) is 15.1 Å². The molecular weight excluding hydrogens is 349 g/mol. The van der Waals surface area contributed by atoms with Crippen molar-refractivity contribution in [1.29, 1.82) is 0 Å². The number of aryl methyl sites for hydroxylation is 1. The van der Waals surface area contributed by atoms with Gasteiger partial charge in [-0.05, 0) is 36.8 Å². The number of carbonyl (C=O) groups excluding carboxylic acids is 1. The van der Waals surface area contributed by atoms with Crippen LogP contribution in [0.25, 0.3) is 5.69 Å². The summed E-state index contributed by atoms with van der Waals surface area (Å²) in [5.41, 5.74) is 1.63. The Morgan fingerprint density at radius 1 is 1.15 bits per heavy atom. The minimum absolute atomic E-state index is 0.150. The molecule has 1 aromatic heterocycles. The number of ether oxygens (including phenoxy) is 1. The monoisotopic (exact) mass is 367 g/mol. The fourth-order valence-electron chi connectivity index (χ4n) is 2.48. The van der Waals surface area contributed by atoms with Crippen molar-refractivity contribution < 1.29 is 13.9 Å². The summed E-state index contributed by atoms with van der Waals surface area (Å²) in [4.78, 5) is 24.7. The molecule has 0 spiro atoms. The van der Waals surface area contributed by atoms with Crippen molar-refractivity contribution in [2.45, 2.75) is 13.5 Å². The maximum Gasteiger partial charge on any atom is 0.276 e. The summed E-state index contributed by atoms with van der Waals surface area (Å²) in [7, 11) is 1.43. The van der Waals surface area contributed by atoms with Gasteiger partial charge >= 0.3 is 0 Å². The van der Waals surface area contributed by atoms with E-state index in [9.17, 15) is 14.0 Å². The Balaban J connectivity index is 1.89. The first-order valence-electron chi connectivity index (χ1n) is 8.26. The predicted octanol–water partition coefficient (Wildman–Crippen LogP) is 2.62. The summed E-state index contributed by atoms with van der Waals surface area (Å²) < 4.78 is 19.6. The number of methoxy groups -OCH3 is 1. The third-order valence-electron chi connectivity index (χ3n) is 3.97. The van der Waals surface area contributed by atoms with E-state index >= 15 is 0 Å². The zero-order valence-electron chi connectivity index (χ0n) is 14.9. The summed E-state index contributed by atoms with van der Waals surface area (Å²) in [6, 6.07) is 14.4. The van der Waals surface area contributed by atoms with Crippen LogP contribution in [0.1, 0.15) is 21.6 Å². The predicted molar refractivity (Wildman–Crippen MR) is 98.7 cm³/mol. The molecule has 138 valence electrons. The van der Waals surface area contributed by atoms with E-state index in [1.165, 1.54) is 30.0 Å². The summed E-state index contributed by atoms with van der Waals surface area (Å²) in [5.74, 6) is -0.755. The molecule has 0 aliphatic heterocycles. The molecule has 3 rings (SSSR count). The summed E-state index contributed by atoms with van der Waals surface area (Å²) >= 11 is 0. The first-order chi connectivity index (χ1) is 13.0. The van der Waals surface area contributed by atoms with E-state index in [0.29, 0.717) is 11.3 Å². The lowest BCUT2D eigenvalue weighted by Crippen LogP contribution is -2.31. The molecule has 3 aromatic rings. The van der Waals surface area contributed by atoms with Crippen LogP contribution in [-0.4, -0.2) is 22.8 Å². The van der Waals surface area contributed by atoms with Crippen molar-refractivity contribution in [3.05, 3.63) is 87.5 Å². The minimum atomic E-state index is -0.618. The van der Waals surface area contributed by atoms with Crippen molar-refractivity contribution in [2.24, 2.45) is 0 Å². The molecule has 1 amide bonds. The summed E-state index contributed by atoms with van der Waals surface area (Å²) in [6.45, 7) is 2.10. The second kappa shape index (κ2) is 7.82. The third kappa shape index (κ3) is 4.20. The van der Waals surface area contributed by atoms with Crippen molar-refractivity contribution >= 4 is 5.91 Å². The number of hydrogen-bond donors (Lipinski definition) is 1. The standard InChI is InChI=1S/C20H18FN3O3/c1-13-3-9-16(10-4-13)24-18(27-2)11-17(25)19(23-24)20(26)22-12-14-5-7-15(21)8-6-14/h3-11H,12H2,1-2H3,(H,22,26). The fourth-order valence-corrected chi connectivity index (χ4v) is 2.48. The van der Waals surface area contributed by atoms with Gasteiger partial charge in [-0.25, -0.2) is 9.07 Å². The van der Waals surface area contributed by atoms with Gasteiger partial charge in [-0.2, -0.15) is 5.10 Å². The van der Waals surface area contributed by atoms with Crippen LogP contribution in [0.2, 0.25) is 0 Å². The Labute approximate surface area is 155 Å². The average Bonchev–Trinajstić information content (AvgIpc) is 2.67. The molecule has 7 heteroatoms. The molecule has 2 aromatic carbocycles. The van der Waals surface area contributed by atoms with Crippen LogP contribution in [0.4, 0.5) is 4.39 Å². The molecule has 6 nitrogen and oxygen atoms in total. The lowest BCUT2D eigenvalue weighted by Gasteiger charge is -2.13. The number of carbonyl (C=O) groups is 1. The third-order valence-corrected chi connectivity index (χ3v) is 3.97. The molecule has 0 saturated carbocycles. The fraction of sp³-hybridized carbons (Fsp3) is 0.150. The molecule has 0 saturated heterocycles. The van der Waals surface area contributed by atoms with Crippen molar-refractivity contribution in [2.75, 3.05) is 7.11 Å². The second-order valence-electron chi connectivity index (χ2n) is 5.96. The molecule has 0 aliphatic rings. The van der Waals surface area contributed by atoms with Gasteiger partial charge in [0.05, 0.1) is 18.9 Å². The van der Waals surface area contributed by atoms with Gasteiger partial charge in [-0.1, -0.05) is 29.8 Å². The second-order valence-corrected chi connectivity index (χ2v) is 5.96. The Bertz CT molecular complexity index is 1010. The lowest BCUT2D eigenvalue weighted by atomic mass is 10.2. The highest BCUT2D eigenvalue weighted by molar-refractivity contribution is 5.92. The highest BCUT2D eigenvalue weighted by Crippen LogP contribution is 2.15. The first-order valence-corrected chi connectivity index (χ1v) is 8.26. The van der Waals surface area contributed by atoms with E-state index in [4.69, 9.17) is 4.74 Å². The van der Waals surface area contributed by atoms with Crippen LogP contribution in [0.5, 0.6) is 5.88 Å². The number of benzene rings is 2. The van der Waals surface area contributed by atoms with Crippen LogP contribution in [0.3, 0.4) is 0 Å². The van der Waals surface area contributed by atoms with Crippen molar-refractivity contribution in [3.63, 3.8) is 0 Å². The summed E-state index contributed by atoms with van der Waals surface area (Å²) in [5, 5.41) is 6.80. The maximum atomic E-state index is 13.0. The SMILES string of the molecule is COc1cc(=O)c(C(=O)NCc2ccc(F)cc2)nn1-c1ccc(C)cc1. The molecule has 0 radical (unpaired) electrons. The highest BCUT2D eigenvalue weighted by Gasteiger charge is 2.17. The van der Waals surface area contributed by atoms with E-state index in [1.807, 2.05) is 31.2 Å². The van der Waals surface area contributed by atoms with Crippen LogP contribution in [0, 0.1) is 12.7 Å². The Hall–Kier alpha value is -3.48. The van der Waals surface area contributed by atoms with Gasteiger partial charge in [0.1, 0.15) is 5.82 Å². The number of hydrogen-bond acceptors (Lipinski definition) is 4. The molecule has 27 heavy (non-hydrogen) atoms. The molecule has 0 fully saturated rings. The van der Waals surface area contributed by atoms with E-state index in [2.05, 4.69) is 10.4 Å². The number of nitrogens with one attached hydrogen (secondary N) is 1. The van der Waals surface area contributed by atoms with Crippen LogP contribution >= 0.6 is 0 Å². The van der Waals surface area contributed by atoms with Crippen LogP contribution in [-0.2, 0) is 6.54 Å². The Kier molecular flexibility index (Phi) is 5.30. The molecule has 0 atom stereocenters. The van der Waals surface area contributed by atoms with Gasteiger partial charge in [0.25, 0.3) is 5.91 Å².